The van der Waals surface area contributed by atoms with Crippen LogP contribution < -0.4 is 5.73 Å². The van der Waals surface area contributed by atoms with Crippen LogP contribution in [-0.2, 0) is 6.42 Å². The molecule has 100 valence electrons. The van der Waals surface area contributed by atoms with Gasteiger partial charge in [0.15, 0.2) is 0 Å². The van der Waals surface area contributed by atoms with Crippen molar-refractivity contribution in [3.8, 4) is 11.5 Å². The number of rotatable bonds is 5. The predicted molar refractivity (Wildman–Crippen MR) is 68.5 cm³/mol. The summed E-state index contributed by atoms with van der Waals surface area (Å²) in [6.45, 7) is 2.21. The fourth-order valence-electron chi connectivity index (χ4n) is 1.77. The maximum absolute atomic E-state index is 10.9. The number of nitro benzene ring substituents is 1. The Balaban J connectivity index is 2.34. The molecule has 2 aromatic rings. The molecule has 0 aliphatic rings. The van der Waals surface area contributed by atoms with Crippen molar-refractivity contribution in [1.29, 1.82) is 0 Å². The highest BCUT2D eigenvalue weighted by Crippen LogP contribution is 2.28. The Labute approximate surface area is 109 Å². The van der Waals surface area contributed by atoms with Crippen LogP contribution in [0.1, 0.15) is 17.9 Å². The lowest BCUT2D eigenvalue weighted by Crippen LogP contribution is -2.00. The zero-order valence-corrected chi connectivity index (χ0v) is 10.5. The van der Waals surface area contributed by atoms with Crippen LogP contribution in [0.4, 0.5) is 5.69 Å². The molecule has 0 saturated heterocycles. The Morgan fingerprint density at radius 1 is 1.42 bits per heavy atom. The van der Waals surface area contributed by atoms with Crippen LogP contribution in [0, 0.1) is 17.0 Å². The van der Waals surface area contributed by atoms with E-state index in [2.05, 4.69) is 10.2 Å². The van der Waals surface area contributed by atoms with Gasteiger partial charge in [-0.05, 0) is 26.0 Å². The average molecular weight is 262 g/mol. The molecule has 0 fully saturated rings. The van der Waals surface area contributed by atoms with E-state index in [4.69, 9.17) is 10.2 Å². The van der Waals surface area contributed by atoms with Gasteiger partial charge >= 0.3 is 0 Å². The van der Waals surface area contributed by atoms with Crippen LogP contribution in [0.25, 0.3) is 11.5 Å². The van der Waals surface area contributed by atoms with Crippen molar-refractivity contribution in [3.05, 3.63) is 39.8 Å². The highest BCUT2D eigenvalue weighted by molar-refractivity contribution is 5.64. The lowest BCUT2D eigenvalue weighted by molar-refractivity contribution is -0.385. The van der Waals surface area contributed by atoms with Crippen molar-refractivity contribution in [2.24, 2.45) is 5.73 Å². The lowest BCUT2D eigenvalue weighted by atomic mass is 10.1. The zero-order chi connectivity index (χ0) is 13.8. The highest BCUT2D eigenvalue weighted by Gasteiger charge is 2.18. The van der Waals surface area contributed by atoms with Crippen LogP contribution in [0.3, 0.4) is 0 Å². The number of nitro groups is 1. The summed E-state index contributed by atoms with van der Waals surface area (Å²) in [4.78, 5) is 10.5. The van der Waals surface area contributed by atoms with Gasteiger partial charge in [0.1, 0.15) is 0 Å². The molecule has 1 aromatic heterocycles. The van der Waals surface area contributed by atoms with Gasteiger partial charge in [0, 0.05) is 23.6 Å². The first-order valence-corrected chi connectivity index (χ1v) is 5.90. The van der Waals surface area contributed by atoms with Crippen LogP contribution in [0.15, 0.2) is 22.6 Å². The topological polar surface area (TPSA) is 108 Å². The van der Waals surface area contributed by atoms with Gasteiger partial charge in [0.05, 0.1) is 4.92 Å². The van der Waals surface area contributed by atoms with Crippen LogP contribution in [0.2, 0.25) is 0 Å². The SMILES string of the molecule is Cc1c(-c2nnc(CCCN)o2)cccc1[N+](=O)[O-]. The van der Waals surface area contributed by atoms with E-state index in [0.29, 0.717) is 35.9 Å². The van der Waals surface area contributed by atoms with Crippen LogP contribution in [0.5, 0.6) is 0 Å². The van der Waals surface area contributed by atoms with E-state index < -0.39 is 4.92 Å². The first-order chi connectivity index (χ1) is 9.13. The minimum absolute atomic E-state index is 0.0409. The van der Waals surface area contributed by atoms with Gasteiger partial charge in [-0.25, -0.2) is 0 Å². The molecule has 0 atom stereocenters. The molecular weight excluding hydrogens is 248 g/mol. The van der Waals surface area contributed by atoms with E-state index in [0.717, 1.165) is 6.42 Å². The molecule has 0 aliphatic carbocycles. The Morgan fingerprint density at radius 2 is 2.21 bits per heavy atom. The number of nitrogens with two attached hydrogens (primary N) is 1. The van der Waals surface area contributed by atoms with E-state index in [-0.39, 0.29) is 5.69 Å². The van der Waals surface area contributed by atoms with Gasteiger partial charge in [-0.15, -0.1) is 10.2 Å². The fraction of sp³-hybridized carbons (Fsp3) is 0.333. The Morgan fingerprint density at radius 3 is 2.89 bits per heavy atom. The Kier molecular flexibility index (Phi) is 3.86. The summed E-state index contributed by atoms with van der Waals surface area (Å²) in [5.41, 5.74) is 6.55. The maximum atomic E-state index is 10.9. The molecule has 0 amide bonds. The molecule has 0 bridgehead atoms. The monoisotopic (exact) mass is 262 g/mol. The van der Waals surface area contributed by atoms with Gasteiger partial charge in [-0.1, -0.05) is 6.07 Å². The summed E-state index contributed by atoms with van der Waals surface area (Å²) in [6.07, 6.45) is 1.37. The van der Waals surface area contributed by atoms with Crippen molar-refractivity contribution in [3.63, 3.8) is 0 Å². The third-order valence-electron chi connectivity index (χ3n) is 2.79. The standard InChI is InChI=1S/C12H14N4O3/c1-8-9(4-2-5-10(8)16(17)18)12-15-14-11(19-12)6-3-7-13/h2,4-5H,3,6-7,13H2,1H3. The summed E-state index contributed by atoms with van der Waals surface area (Å²) >= 11 is 0. The average Bonchev–Trinajstić information content (AvgIpc) is 2.84. The maximum Gasteiger partial charge on any atom is 0.273 e. The number of nitrogens with zero attached hydrogens (tertiary/aromatic N) is 3. The minimum atomic E-state index is -0.426. The van der Waals surface area contributed by atoms with Crippen LogP contribution >= 0.6 is 0 Å². The molecule has 0 aliphatic heterocycles. The molecule has 7 nitrogen and oxygen atoms in total. The number of aryl methyl sites for hydroxylation is 1. The highest BCUT2D eigenvalue weighted by atomic mass is 16.6. The molecule has 1 heterocycles. The molecular formula is C12H14N4O3. The van der Waals surface area contributed by atoms with Gasteiger partial charge in [0.2, 0.25) is 11.8 Å². The third-order valence-corrected chi connectivity index (χ3v) is 2.79. The number of hydrogen-bond acceptors (Lipinski definition) is 6. The van der Waals surface area contributed by atoms with E-state index in [1.54, 1.807) is 19.1 Å². The number of aromatic nitrogens is 2. The van der Waals surface area contributed by atoms with Crippen molar-refractivity contribution < 1.29 is 9.34 Å². The third kappa shape index (κ3) is 2.76. The fourth-order valence-corrected chi connectivity index (χ4v) is 1.77. The summed E-state index contributed by atoms with van der Waals surface area (Å²) in [5.74, 6) is 0.791. The first-order valence-electron chi connectivity index (χ1n) is 5.90. The normalized spacial score (nSPS) is 10.6. The lowest BCUT2D eigenvalue weighted by Gasteiger charge is -2.01. The van der Waals surface area contributed by atoms with Crippen molar-refractivity contribution in [2.75, 3.05) is 6.54 Å². The van der Waals surface area contributed by atoms with Crippen molar-refractivity contribution in [1.82, 2.24) is 10.2 Å². The second kappa shape index (κ2) is 5.57. The predicted octanol–water partition coefficient (Wildman–Crippen LogP) is 1.84. The molecule has 2 N–H and O–H groups in total. The summed E-state index contributed by atoms with van der Waals surface area (Å²) in [5, 5.41) is 18.7. The molecule has 19 heavy (non-hydrogen) atoms. The molecule has 2 rings (SSSR count). The first kappa shape index (κ1) is 13.2. The smallest absolute Gasteiger partial charge is 0.273 e. The summed E-state index contributed by atoms with van der Waals surface area (Å²) in [7, 11) is 0. The quantitative estimate of drug-likeness (QED) is 0.650. The Bertz CT molecular complexity index is 594. The van der Waals surface area contributed by atoms with Crippen molar-refractivity contribution in [2.45, 2.75) is 19.8 Å². The molecule has 0 saturated carbocycles. The summed E-state index contributed by atoms with van der Waals surface area (Å²) in [6, 6.07) is 4.78. The second-order valence-corrected chi connectivity index (χ2v) is 4.10. The second-order valence-electron chi connectivity index (χ2n) is 4.10. The van der Waals surface area contributed by atoms with E-state index >= 15 is 0 Å². The van der Waals surface area contributed by atoms with E-state index in [1.165, 1.54) is 6.07 Å². The number of benzene rings is 1. The largest absolute Gasteiger partial charge is 0.421 e. The Hall–Kier alpha value is -2.28. The van der Waals surface area contributed by atoms with E-state index in [1.807, 2.05) is 0 Å². The number of hydrogen-bond donors (Lipinski definition) is 1. The van der Waals surface area contributed by atoms with E-state index in [9.17, 15) is 10.1 Å². The van der Waals surface area contributed by atoms with Gasteiger partial charge in [0.25, 0.3) is 5.69 Å². The molecule has 0 unspecified atom stereocenters. The molecule has 0 radical (unpaired) electrons. The minimum Gasteiger partial charge on any atom is -0.421 e. The molecule has 0 spiro atoms. The van der Waals surface area contributed by atoms with Crippen LogP contribution in [-0.4, -0.2) is 21.7 Å². The van der Waals surface area contributed by atoms with Crippen molar-refractivity contribution >= 4 is 5.69 Å². The molecule has 1 aromatic carbocycles. The van der Waals surface area contributed by atoms with Gasteiger partial charge in [-0.2, -0.15) is 0 Å². The summed E-state index contributed by atoms with van der Waals surface area (Å²) < 4.78 is 5.49. The van der Waals surface area contributed by atoms with Gasteiger partial charge < -0.3 is 10.2 Å². The molecule has 7 heteroatoms. The zero-order valence-electron chi connectivity index (χ0n) is 10.5. The van der Waals surface area contributed by atoms with Gasteiger partial charge in [-0.3, -0.25) is 10.1 Å².